The Morgan fingerprint density at radius 1 is 1.61 bits per heavy atom. The standard InChI is InChI=1S/C11H15ClN2O3S/c12-9-5-13-10(18-9)6-14-3-1-8(2-4-14)17-7-11(15)16/h5,8H,1-4,6-7H2,(H,15,16). The molecule has 0 aliphatic carbocycles. The largest absolute Gasteiger partial charge is 0.480 e. The Morgan fingerprint density at radius 2 is 2.33 bits per heavy atom. The van der Waals surface area contributed by atoms with Crippen LogP contribution in [0.1, 0.15) is 17.8 Å². The van der Waals surface area contributed by atoms with E-state index in [4.69, 9.17) is 21.4 Å². The van der Waals surface area contributed by atoms with Crippen LogP contribution in [0.3, 0.4) is 0 Å². The van der Waals surface area contributed by atoms with Crippen LogP contribution in [0.2, 0.25) is 4.34 Å². The highest BCUT2D eigenvalue weighted by atomic mass is 35.5. The molecule has 1 N–H and O–H groups in total. The molecular formula is C11H15ClN2O3S. The second-order valence-electron chi connectivity index (χ2n) is 4.24. The van der Waals surface area contributed by atoms with Gasteiger partial charge in [-0.3, -0.25) is 4.90 Å². The van der Waals surface area contributed by atoms with Crippen LogP contribution in [0.4, 0.5) is 0 Å². The molecule has 1 aliphatic heterocycles. The second kappa shape index (κ2) is 6.47. The average molecular weight is 291 g/mol. The minimum absolute atomic E-state index is 0.0669. The van der Waals surface area contributed by atoms with Gasteiger partial charge in [0.25, 0.3) is 0 Å². The lowest BCUT2D eigenvalue weighted by Gasteiger charge is -2.30. The number of carboxylic acids is 1. The summed E-state index contributed by atoms with van der Waals surface area (Å²) in [5, 5.41) is 9.56. The van der Waals surface area contributed by atoms with Crippen LogP contribution in [0.15, 0.2) is 6.20 Å². The molecule has 1 aliphatic rings. The van der Waals surface area contributed by atoms with Crippen LogP contribution in [-0.2, 0) is 16.1 Å². The number of aromatic nitrogens is 1. The van der Waals surface area contributed by atoms with Crippen LogP contribution in [0.25, 0.3) is 0 Å². The summed E-state index contributed by atoms with van der Waals surface area (Å²) in [6.45, 7) is 2.42. The molecule has 0 atom stereocenters. The van der Waals surface area contributed by atoms with Crippen molar-refractivity contribution in [1.29, 1.82) is 0 Å². The van der Waals surface area contributed by atoms with Crippen molar-refractivity contribution in [1.82, 2.24) is 9.88 Å². The summed E-state index contributed by atoms with van der Waals surface area (Å²) >= 11 is 7.33. The number of halogens is 1. The lowest BCUT2D eigenvalue weighted by molar-refractivity contribution is -0.145. The Labute approximate surface area is 114 Å². The minimum Gasteiger partial charge on any atom is -0.480 e. The van der Waals surface area contributed by atoms with Gasteiger partial charge < -0.3 is 9.84 Å². The minimum atomic E-state index is -0.908. The van der Waals surface area contributed by atoms with Gasteiger partial charge in [0, 0.05) is 13.1 Å². The van der Waals surface area contributed by atoms with Gasteiger partial charge in [0.2, 0.25) is 0 Å². The summed E-state index contributed by atoms with van der Waals surface area (Å²) in [5.74, 6) is -0.908. The third-order valence-corrected chi connectivity index (χ3v) is 3.96. The van der Waals surface area contributed by atoms with Gasteiger partial charge in [-0.15, -0.1) is 11.3 Å². The lowest BCUT2D eigenvalue weighted by Crippen LogP contribution is -2.37. The Bertz CT molecular complexity index is 405. The van der Waals surface area contributed by atoms with Gasteiger partial charge in [-0.25, -0.2) is 9.78 Å². The van der Waals surface area contributed by atoms with Crippen molar-refractivity contribution in [2.75, 3.05) is 19.7 Å². The molecule has 0 amide bonds. The Morgan fingerprint density at radius 3 is 2.89 bits per heavy atom. The molecule has 1 fully saturated rings. The van der Waals surface area contributed by atoms with E-state index in [2.05, 4.69) is 9.88 Å². The molecule has 1 saturated heterocycles. The number of aliphatic carboxylic acids is 1. The predicted molar refractivity (Wildman–Crippen MR) is 69.0 cm³/mol. The number of carboxylic acid groups (broad SMARTS) is 1. The third kappa shape index (κ3) is 4.20. The number of likely N-dealkylation sites (tertiary alicyclic amines) is 1. The topological polar surface area (TPSA) is 62.7 Å². The van der Waals surface area contributed by atoms with E-state index in [1.807, 2.05) is 0 Å². The average Bonchev–Trinajstić information content (AvgIpc) is 2.74. The summed E-state index contributed by atoms with van der Waals surface area (Å²) in [6.07, 6.45) is 3.47. The number of hydrogen-bond acceptors (Lipinski definition) is 5. The van der Waals surface area contributed by atoms with E-state index < -0.39 is 5.97 Å². The van der Waals surface area contributed by atoms with Crippen LogP contribution in [-0.4, -0.2) is 46.8 Å². The first-order valence-corrected chi connectivity index (χ1v) is 6.99. The second-order valence-corrected chi connectivity index (χ2v) is 5.98. The van der Waals surface area contributed by atoms with E-state index in [0.29, 0.717) is 4.34 Å². The zero-order chi connectivity index (χ0) is 13.0. The van der Waals surface area contributed by atoms with Gasteiger partial charge in [-0.05, 0) is 12.8 Å². The highest BCUT2D eigenvalue weighted by Crippen LogP contribution is 2.21. The van der Waals surface area contributed by atoms with Gasteiger partial charge >= 0.3 is 5.97 Å². The van der Waals surface area contributed by atoms with Gasteiger partial charge in [-0.1, -0.05) is 11.6 Å². The van der Waals surface area contributed by atoms with Crippen molar-refractivity contribution < 1.29 is 14.6 Å². The summed E-state index contributed by atoms with van der Waals surface area (Å²) in [5.41, 5.74) is 0. The number of hydrogen-bond donors (Lipinski definition) is 1. The fourth-order valence-electron chi connectivity index (χ4n) is 1.98. The zero-order valence-corrected chi connectivity index (χ0v) is 11.4. The molecule has 0 saturated carbocycles. The first kappa shape index (κ1) is 13.7. The van der Waals surface area contributed by atoms with Gasteiger partial charge in [-0.2, -0.15) is 0 Å². The molecule has 0 spiro atoms. The maximum absolute atomic E-state index is 10.4. The molecule has 0 unspecified atom stereocenters. The number of ether oxygens (including phenoxy) is 1. The summed E-state index contributed by atoms with van der Waals surface area (Å²) in [4.78, 5) is 16.9. The van der Waals surface area contributed by atoms with Gasteiger partial charge in [0.1, 0.15) is 16.0 Å². The van der Waals surface area contributed by atoms with Gasteiger partial charge in [0.15, 0.2) is 0 Å². The molecule has 100 valence electrons. The molecule has 2 rings (SSSR count). The van der Waals surface area contributed by atoms with Crippen LogP contribution >= 0.6 is 22.9 Å². The van der Waals surface area contributed by atoms with E-state index in [0.717, 1.165) is 37.5 Å². The van der Waals surface area contributed by atoms with Crippen LogP contribution in [0.5, 0.6) is 0 Å². The predicted octanol–water partition coefficient (Wildman–Crippen LogP) is 1.86. The number of piperidine rings is 1. The first-order chi connectivity index (χ1) is 8.63. The molecule has 1 aromatic heterocycles. The molecular weight excluding hydrogens is 276 g/mol. The lowest BCUT2D eigenvalue weighted by atomic mass is 10.1. The molecule has 5 nitrogen and oxygen atoms in total. The van der Waals surface area contributed by atoms with Crippen molar-refractivity contribution in [3.63, 3.8) is 0 Å². The smallest absolute Gasteiger partial charge is 0.329 e. The number of rotatable bonds is 5. The van der Waals surface area contributed by atoms with E-state index in [1.165, 1.54) is 11.3 Å². The highest BCUT2D eigenvalue weighted by Gasteiger charge is 2.21. The van der Waals surface area contributed by atoms with E-state index >= 15 is 0 Å². The van der Waals surface area contributed by atoms with Crippen molar-refractivity contribution in [3.05, 3.63) is 15.5 Å². The number of thiazole rings is 1. The fraction of sp³-hybridized carbons (Fsp3) is 0.636. The van der Waals surface area contributed by atoms with Crippen LogP contribution in [0, 0.1) is 0 Å². The number of nitrogens with zero attached hydrogens (tertiary/aromatic N) is 2. The molecule has 0 aromatic carbocycles. The number of carbonyl (C=O) groups is 1. The highest BCUT2D eigenvalue weighted by molar-refractivity contribution is 7.15. The SMILES string of the molecule is O=C(O)COC1CCN(Cc2ncc(Cl)s2)CC1. The van der Waals surface area contributed by atoms with E-state index in [1.54, 1.807) is 6.20 Å². The molecule has 0 radical (unpaired) electrons. The Kier molecular flexibility index (Phi) is 4.94. The summed E-state index contributed by atoms with van der Waals surface area (Å²) < 4.78 is 6.00. The normalized spacial score (nSPS) is 18.1. The van der Waals surface area contributed by atoms with Gasteiger partial charge in [0.05, 0.1) is 18.8 Å². The zero-order valence-electron chi connectivity index (χ0n) is 9.84. The summed E-state index contributed by atoms with van der Waals surface area (Å²) in [6, 6.07) is 0. The molecule has 0 bridgehead atoms. The van der Waals surface area contributed by atoms with Crippen molar-refractivity contribution in [2.24, 2.45) is 0 Å². The monoisotopic (exact) mass is 290 g/mol. The fourth-order valence-corrected chi connectivity index (χ4v) is 2.97. The Hall–Kier alpha value is -0.690. The van der Waals surface area contributed by atoms with Crippen LogP contribution < -0.4 is 0 Å². The van der Waals surface area contributed by atoms with Crippen molar-refractivity contribution in [3.8, 4) is 0 Å². The van der Waals surface area contributed by atoms with E-state index in [9.17, 15) is 4.79 Å². The third-order valence-electron chi connectivity index (χ3n) is 2.86. The van der Waals surface area contributed by atoms with Crippen molar-refractivity contribution >= 4 is 28.9 Å². The van der Waals surface area contributed by atoms with E-state index in [-0.39, 0.29) is 12.7 Å². The molecule has 2 heterocycles. The molecule has 7 heteroatoms. The quantitative estimate of drug-likeness (QED) is 0.897. The first-order valence-electron chi connectivity index (χ1n) is 5.79. The Balaban J connectivity index is 1.71. The maximum atomic E-state index is 10.4. The molecule has 18 heavy (non-hydrogen) atoms. The summed E-state index contributed by atoms with van der Waals surface area (Å²) in [7, 11) is 0. The van der Waals surface area contributed by atoms with Crippen molar-refractivity contribution in [2.45, 2.75) is 25.5 Å². The maximum Gasteiger partial charge on any atom is 0.329 e. The molecule has 1 aromatic rings.